The van der Waals surface area contributed by atoms with Crippen molar-refractivity contribution in [2.75, 3.05) is 20.3 Å². The third-order valence-corrected chi connectivity index (χ3v) is 5.50. The van der Waals surface area contributed by atoms with Crippen molar-refractivity contribution in [3.05, 3.63) is 70.3 Å². The molecule has 1 amide bonds. The van der Waals surface area contributed by atoms with E-state index in [0.29, 0.717) is 30.9 Å². The highest BCUT2D eigenvalue weighted by molar-refractivity contribution is 6.46. The number of aliphatic hydroxyl groups excluding tert-OH is 1. The molecule has 1 fully saturated rings. The number of amides is 1. The number of rotatable bonds is 8. The molecule has 32 heavy (non-hydrogen) atoms. The molecule has 2 aromatic carbocycles. The van der Waals surface area contributed by atoms with Crippen molar-refractivity contribution in [3.8, 4) is 5.75 Å². The molecule has 0 bridgehead atoms. The Bertz CT molecular complexity index is 1040. The Kier molecular flexibility index (Phi) is 7.36. The van der Waals surface area contributed by atoms with E-state index >= 15 is 0 Å². The Morgan fingerprint density at radius 1 is 1.09 bits per heavy atom. The summed E-state index contributed by atoms with van der Waals surface area (Å²) < 4.78 is 11.0. The van der Waals surface area contributed by atoms with Crippen LogP contribution >= 0.6 is 0 Å². The molecule has 6 nitrogen and oxygen atoms in total. The molecule has 0 aliphatic carbocycles. The predicted molar refractivity (Wildman–Crippen MR) is 124 cm³/mol. The number of Topliss-reactive ketones (excluding diaryl/α,β-unsaturated/α-hetero) is 1. The first-order chi connectivity index (χ1) is 15.2. The van der Waals surface area contributed by atoms with Gasteiger partial charge in [-0.15, -0.1) is 0 Å². The molecule has 0 aromatic heterocycles. The van der Waals surface area contributed by atoms with Crippen LogP contribution in [0, 0.1) is 13.8 Å². The highest BCUT2D eigenvalue weighted by atomic mass is 16.5. The van der Waals surface area contributed by atoms with Gasteiger partial charge in [0.05, 0.1) is 30.4 Å². The number of aliphatic hydroxyl groups is 1. The van der Waals surface area contributed by atoms with E-state index in [4.69, 9.17) is 9.47 Å². The Labute approximate surface area is 189 Å². The van der Waals surface area contributed by atoms with E-state index in [1.807, 2.05) is 58.0 Å². The minimum atomic E-state index is -0.692. The van der Waals surface area contributed by atoms with Gasteiger partial charge in [-0.1, -0.05) is 41.5 Å². The summed E-state index contributed by atoms with van der Waals surface area (Å²) in [5.41, 5.74) is 3.16. The Morgan fingerprint density at radius 3 is 2.47 bits per heavy atom. The van der Waals surface area contributed by atoms with E-state index in [1.54, 1.807) is 12.1 Å². The van der Waals surface area contributed by atoms with Gasteiger partial charge in [-0.25, -0.2) is 0 Å². The lowest BCUT2D eigenvalue weighted by molar-refractivity contribution is -0.140. The third kappa shape index (κ3) is 4.86. The van der Waals surface area contributed by atoms with Crippen molar-refractivity contribution in [2.45, 2.75) is 46.3 Å². The molecule has 170 valence electrons. The molecular weight excluding hydrogens is 406 g/mol. The van der Waals surface area contributed by atoms with Gasteiger partial charge in [0.25, 0.3) is 11.7 Å². The van der Waals surface area contributed by atoms with Crippen LogP contribution < -0.4 is 4.74 Å². The fourth-order valence-corrected chi connectivity index (χ4v) is 4.00. The molecular formula is C26H31NO5. The van der Waals surface area contributed by atoms with Gasteiger partial charge in [0.15, 0.2) is 0 Å². The third-order valence-electron chi connectivity index (χ3n) is 5.50. The van der Waals surface area contributed by atoms with Crippen LogP contribution in [0.15, 0.2) is 48.0 Å². The van der Waals surface area contributed by atoms with Crippen molar-refractivity contribution >= 4 is 17.4 Å². The fraction of sp³-hybridized carbons (Fsp3) is 0.385. The minimum absolute atomic E-state index is 0.0780. The number of hydrogen-bond donors (Lipinski definition) is 1. The first-order valence-corrected chi connectivity index (χ1v) is 10.9. The van der Waals surface area contributed by atoms with Crippen molar-refractivity contribution in [1.29, 1.82) is 0 Å². The molecule has 0 radical (unpaired) electrons. The van der Waals surface area contributed by atoms with Crippen LogP contribution in [0.3, 0.4) is 0 Å². The average molecular weight is 438 g/mol. The number of likely N-dealkylation sites (tertiary alicyclic amines) is 1. The second-order valence-corrected chi connectivity index (χ2v) is 8.38. The van der Waals surface area contributed by atoms with E-state index in [-0.39, 0.29) is 17.4 Å². The van der Waals surface area contributed by atoms with Crippen molar-refractivity contribution in [1.82, 2.24) is 4.90 Å². The van der Waals surface area contributed by atoms with E-state index in [1.165, 1.54) is 12.0 Å². The van der Waals surface area contributed by atoms with Gasteiger partial charge < -0.3 is 19.5 Å². The van der Waals surface area contributed by atoms with Gasteiger partial charge in [0, 0.05) is 13.2 Å². The quantitative estimate of drug-likeness (QED) is 0.284. The van der Waals surface area contributed by atoms with Crippen molar-refractivity contribution in [3.63, 3.8) is 0 Å². The monoisotopic (exact) mass is 437 g/mol. The first kappa shape index (κ1) is 23.5. The summed E-state index contributed by atoms with van der Waals surface area (Å²) in [6.07, 6.45) is 0.674. The standard InChI is InChI=1S/C26H31NO5/c1-16(2)32-13-7-12-27-23(19-9-6-8-17(3)14-19)22(25(29)26(27)30)24(28)20-15-18(4)10-11-21(20)31-5/h6,8-11,14-16,23,28H,7,12-13H2,1-5H3/b24-22+. The number of benzene rings is 2. The summed E-state index contributed by atoms with van der Waals surface area (Å²) in [5.74, 6) is -1.10. The number of carbonyl (C=O) groups excluding carboxylic acids is 2. The Morgan fingerprint density at radius 2 is 1.81 bits per heavy atom. The van der Waals surface area contributed by atoms with Gasteiger partial charge in [0.2, 0.25) is 0 Å². The lowest BCUT2D eigenvalue weighted by Gasteiger charge is -2.26. The summed E-state index contributed by atoms with van der Waals surface area (Å²) in [6.45, 7) is 8.57. The maximum Gasteiger partial charge on any atom is 0.295 e. The number of hydrogen-bond acceptors (Lipinski definition) is 5. The van der Waals surface area contributed by atoms with Gasteiger partial charge in [-0.05, 0) is 51.8 Å². The van der Waals surface area contributed by atoms with Gasteiger partial charge in [-0.3, -0.25) is 9.59 Å². The number of ether oxygens (including phenoxy) is 2. The van der Waals surface area contributed by atoms with Crippen LogP contribution in [-0.2, 0) is 14.3 Å². The van der Waals surface area contributed by atoms with E-state index in [2.05, 4.69) is 0 Å². The van der Waals surface area contributed by atoms with E-state index < -0.39 is 17.7 Å². The van der Waals surface area contributed by atoms with Gasteiger partial charge in [0.1, 0.15) is 11.5 Å². The minimum Gasteiger partial charge on any atom is -0.507 e. The summed E-state index contributed by atoms with van der Waals surface area (Å²) >= 11 is 0. The van der Waals surface area contributed by atoms with E-state index in [9.17, 15) is 14.7 Å². The maximum absolute atomic E-state index is 13.1. The molecule has 1 saturated heterocycles. The van der Waals surface area contributed by atoms with Gasteiger partial charge in [-0.2, -0.15) is 0 Å². The molecule has 1 aliphatic rings. The van der Waals surface area contributed by atoms with Crippen molar-refractivity contribution in [2.24, 2.45) is 0 Å². The molecule has 1 aliphatic heterocycles. The summed E-state index contributed by atoms with van der Waals surface area (Å²) in [6, 6.07) is 12.3. The van der Waals surface area contributed by atoms with Crippen LogP contribution in [0.25, 0.3) is 5.76 Å². The summed E-state index contributed by atoms with van der Waals surface area (Å²) in [7, 11) is 1.51. The summed E-state index contributed by atoms with van der Waals surface area (Å²) in [4.78, 5) is 27.7. The zero-order valence-corrected chi connectivity index (χ0v) is 19.3. The van der Waals surface area contributed by atoms with Crippen LogP contribution in [0.4, 0.5) is 0 Å². The van der Waals surface area contributed by atoms with Crippen LogP contribution in [-0.4, -0.2) is 48.1 Å². The van der Waals surface area contributed by atoms with E-state index in [0.717, 1.165) is 16.7 Å². The number of methoxy groups -OCH3 is 1. The average Bonchev–Trinajstić information content (AvgIpc) is 3.01. The number of aryl methyl sites for hydroxylation is 2. The second-order valence-electron chi connectivity index (χ2n) is 8.38. The van der Waals surface area contributed by atoms with Crippen LogP contribution in [0.2, 0.25) is 0 Å². The highest BCUT2D eigenvalue weighted by Gasteiger charge is 2.46. The Hall–Kier alpha value is -3.12. The zero-order chi connectivity index (χ0) is 23.4. The van der Waals surface area contributed by atoms with Crippen molar-refractivity contribution < 1.29 is 24.2 Å². The topological polar surface area (TPSA) is 76.1 Å². The molecule has 1 atom stereocenters. The smallest absolute Gasteiger partial charge is 0.295 e. The van der Waals surface area contributed by atoms with Crippen LogP contribution in [0.1, 0.15) is 48.6 Å². The normalized spacial score (nSPS) is 17.9. The molecule has 1 unspecified atom stereocenters. The zero-order valence-electron chi connectivity index (χ0n) is 19.3. The number of nitrogens with zero attached hydrogens (tertiary/aromatic N) is 1. The molecule has 6 heteroatoms. The molecule has 3 rings (SSSR count). The SMILES string of the molecule is COc1ccc(C)cc1/C(O)=C1\C(=O)C(=O)N(CCCOC(C)C)C1c1cccc(C)c1. The maximum atomic E-state index is 13.1. The molecule has 2 aromatic rings. The lowest BCUT2D eigenvalue weighted by atomic mass is 9.93. The molecule has 1 heterocycles. The van der Waals surface area contributed by atoms with Crippen LogP contribution in [0.5, 0.6) is 5.75 Å². The number of ketones is 1. The highest BCUT2D eigenvalue weighted by Crippen LogP contribution is 2.41. The Balaban J connectivity index is 2.11. The number of carbonyl (C=O) groups is 2. The fourth-order valence-electron chi connectivity index (χ4n) is 4.00. The largest absolute Gasteiger partial charge is 0.507 e. The van der Waals surface area contributed by atoms with Gasteiger partial charge >= 0.3 is 0 Å². The lowest BCUT2D eigenvalue weighted by Crippen LogP contribution is -2.31. The first-order valence-electron chi connectivity index (χ1n) is 10.9. The molecule has 1 N–H and O–H groups in total. The summed E-state index contributed by atoms with van der Waals surface area (Å²) in [5, 5.41) is 11.3. The second kappa shape index (κ2) is 10.0. The molecule has 0 spiro atoms. The molecule has 0 saturated carbocycles. The predicted octanol–water partition coefficient (Wildman–Crippen LogP) is 4.55.